The first-order valence-electron chi connectivity index (χ1n) is 5.21. The van der Waals surface area contributed by atoms with Gasteiger partial charge in [0.05, 0.1) is 7.11 Å². The van der Waals surface area contributed by atoms with Crippen LogP contribution in [0.15, 0.2) is 0 Å². The Balaban J connectivity index is 2.04. The maximum absolute atomic E-state index is 5.75. The van der Waals surface area contributed by atoms with E-state index in [0.717, 1.165) is 25.9 Å². The molecular weight excluding hydrogens is 230 g/mol. The van der Waals surface area contributed by atoms with Gasteiger partial charge in [0.1, 0.15) is 0 Å². The van der Waals surface area contributed by atoms with Crippen LogP contribution in [0.3, 0.4) is 0 Å². The number of nitrogens with zero attached hydrogens (tertiary/aromatic N) is 3. The predicted octanol–water partition coefficient (Wildman–Crippen LogP) is 0.697. The van der Waals surface area contributed by atoms with Gasteiger partial charge >= 0.3 is 6.01 Å². The Morgan fingerprint density at radius 3 is 3.00 bits per heavy atom. The zero-order valence-electron chi connectivity index (χ0n) is 9.03. The number of nitrogens with one attached hydrogen (secondary N) is 2. The fourth-order valence-electron chi connectivity index (χ4n) is 1.65. The number of piperidine rings is 1. The minimum absolute atomic E-state index is 0.137. The summed E-state index contributed by atoms with van der Waals surface area (Å²) in [6.07, 6.45) is 2.24. The highest BCUT2D eigenvalue weighted by molar-refractivity contribution is 6.28. The molecule has 1 saturated heterocycles. The van der Waals surface area contributed by atoms with Crippen LogP contribution in [0.5, 0.6) is 6.01 Å². The fourth-order valence-corrected chi connectivity index (χ4v) is 1.80. The fraction of sp³-hybridized carbons (Fsp3) is 0.667. The Hall–Kier alpha value is -1.14. The van der Waals surface area contributed by atoms with Crippen molar-refractivity contribution in [2.75, 3.05) is 25.5 Å². The van der Waals surface area contributed by atoms with E-state index < -0.39 is 0 Å². The highest BCUT2D eigenvalue weighted by Crippen LogP contribution is 2.13. The molecule has 1 fully saturated rings. The van der Waals surface area contributed by atoms with Crippen molar-refractivity contribution in [3.05, 3.63) is 5.28 Å². The van der Waals surface area contributed by atoms with Gasteiger partial charge in [0.2, 0.25) is 11.2 Å². The normalized spacial score (nSPS) is 20.5. The average molecular weight is 244 g/mol. The van der Waals surface area contributed by atoms with E-state index in [9.17, 15) is 0 Å². The van der Waals surface area contributed by atoms with Gasteiger partial charge in [0.15, 0.2) is 0 Å². The van der Waals surface area contributed by atoms with Gasteiger partial charge < -0.3 is 15.4 Å². The van der Waals surface area contributed by atoms with Crippen molar-refractivity contribution in [1.82, 2.24) is 20.3 Å². The molecule has 88 valence electrons. The number of hydrogen-bond acceptors (Lipinski definition) is 6. The number of methoxy groups -OCH3 is 1. The first kappa shape index (κ1) is 11.3. The van der Waals surface area contributed by atoms with Crippen molar-refractivity contribution in [2.24, 2.45) is 0 Å². The summed E-state index contributed by atoms with van der Waals surface area (Å²) in [6.45, 7) is 1.98. The second-order valence-corrected chi connectivity index (χ2v) is 3.94. The van der Waals surface area contributed by atoms with Crippen LogP contribution < -0.4 is 15.4 Å². The molecule has 2 heterocycles. The second-order valence-electron chi connectivity index (χ2n) is 3.60. The quantitative estimate of drug-likeness (QED) is 0.814. The number of rotatable bonds is 3. The molecule has 2 rings (SSSR count). The summed E-state index contributed by atoms with van der Waals surface area (Å²) in [5, 5.41) is 6.64. The third-order valence-electron chi connectivity index (χ3n) is 2.40. The van der Waals surface area contributed by atoms with Gasteiger partial charge in [-0.2, -0.15) is 15.0 Å². The summed E-state index contributed by atoms with van der Waals surface area (Å²) in [4.78, 5) is 11.9. The van der Waals surface area contributed by atoms with E-state index in [4.69, 9.17) is 16.3 Å². The van der Waals surface area contributed by atoms with Gasteiger partial charge in [-0.3, -0.25) is 0 Å². The van der Waals surface area contributed by atoms with Crippen LogP contribution in [-0.4, -0.2) is 41.2 Å². The van der Waals surface area contributed by atoms with Gasteiger partial charge in [0.25, 0.3) is 0 Å². The Bertz CT molecular complexity index is 356. The summed E-state index contributed by atoms with van der Waals surface area (Å²) in [6, 6.07) is 0.559. The lowest BCUT2D eigenvalue weighted by molar-refractivity contribution is 0.378. The molecule has 0 bridgehead atoms. The Morgan fingerprint density at radius 2 is 2.31 bits per heavy atom. The second kappa shape index (κ2) is 5.27. The number of aromatic nitrogens is 3. The molecule has 7 heteroatoms. The molecule has 2 N–H and O–H groups in total. The molecular formula is C9H14ClN5O. The molecule has 0 amide bonds. The number of hydrogen-bond donors (Lipinski definition) is 2. The van der Waals surface area contributed by atoms with Crippen molar-refractivity contribution in [2.45, 2.75) is 18.9 Å². The first-order chi connectivity index (χ1) is 7.78. The molecule has 1 atom stereocenters. The van der Waals surface area contributed by atoms with Crippen LogP contribution >= 0.6 is 11.6 Å². The molecule has 1 aliphatic rings. The number of anilines is 1. The van der Waals surface area contributed by atoms with Crippen molar-refractivity contribution in [1.29, 1.82) is 0 Å². The lowest BCUT2D eigenvalue weighted by Gasteiger charge is -2.23. The zero-order chi connectivity index (χ0) is 11.4. The maximum Gasteiger partial charge on any atom is 0.322 e. The van der Waals surface area contributed by atoms with Crippen LogP contribution in [-0.2, 0) is 0 Å². The van der Waals surface area contributed by atoms with Crippen molar-refractivity contribution < 1.29 is 4.74 Å². The Labute approximate surface area is 98.8 Å². The summed E-state index contributed by atoms with van der Waals surface area (Å²) < 4.78 is 4.92. The standard InChI is InChI=1S/C9H14ClN5O/c1-16-9-14-7(10)13-8(15-9)12-6-3-2-4-11-5-6/h6,11H,2-5H2,1H3,(H,12,13,14,15). The molecule has 1 aromatic rings. The lowest BCUT2D eigenvalue weighted by atomic mass is 10.1. The molecule has 0 saturated carbocycles. The molecule has 1 unspecified atom stereocenters. The van der Waals surface area contributed by atoms with E-state index in [1.54, 1.807) is 0 Å². The summed E-state index contributed by atoms with van der Waals surface area (Å²) >= 11 is 5.75. The molecule has 1 aliphatic heterocycles. The molecule has 16 heavy (non-hydrogen) atoms. The third-order valence-corrected chi connectivity index (χ3v) is 2.57. The van der Waals surface area contributed by atoms with Crippen molar-refractivity contribution >= 4 is 17.5 Å². The third kappa shape index (κ3) is 2.93. The van der Waals surface area contributed by atoms with E-state index in [1.165, 1.54) is 7.11 Å². The molecule has 6 nitrogen and oxygen atoms in total. The van der Waals surface area contributed by atoms with E-state index >= 15 is 0 Å². The molecule has 0 spiro atoms. The summed E-state index contributed by atoms with van der Waals surface area (Å²) in [7, 11) is 1.50. The van der Waals surface area contributed by atoms with E-state index in [-0.39, 0.29) is 11.3 Å². The smallest absolute Gasteiger partial charge is 0.322 e. The van der Waals surface area contributed by atoms with Crippen LogP contribution in [0.4, 0.5) is 5.95 Å². The lowest BCUT2D eigenvalue weighted by Crippen LogP contribution is -2.38. The summed E-state index contributed by atoms with van der Waals surface area (Å²) in [5.74, 6) is 0.463. The largest absolute Gasteiger partial charge is 0.467 e. The van der Waals surface area contributed by atoms with Crippen LogP contribution in [0, 0.1) is 0 Å². The monoisotopic (exact) mass is 243 g/mol. The minimum Gasteiger partial charge on any atom is -0.467 e. The van der Waals surface area contributed by atoms with Gasteiger partial charge in [-0.1, -0.05) is 0 Å². The maximum atomic E-state index is 5.75. The van der Waals surface area contributed by atoms with Crippen LogP contribution in [0.25, 0.3) is 0 Å². The zero-order valence-corrected chi connectivity index (χ0v) is 9.79. The number of halogens is 1. The van der Waals surface area contributed by atoms with E-state index in [2.05, 4.69) is 25.6 Å². The molecule has 0 radical (unpaired) electrons. The Kier molecular flexibility index (Phi) is 3.74. The van der Waals surface area contributed by atoms with Crippen LogP contribution in [0.1, 0.15) is 12.8 Å². The van der Waals surface area contributed by atoms with Gasteiger partial charge in [-0.05, 0) is 31.0 Å². The highest BCUT2D eigenvalue weighted by atomic mass is 35.5. The van der Waals surface area contributed by atoms with Crippen molar-refractivity contribution in [3.8, 4) is 6.01 Å². The van der Waals surface area contributed by atoms with Crippen molar-refractivity contribution in [3.63, 3.8) is 0 Å². The minimum atomic E-state index is 0.137. The van der Waals surface area contributed by atoms with E-state index in [0.29, 0.717) is 12.0 Å². The molecule has 0 aliphatic carbocycles. The molecule has 0 aromatic carbocycles. The Morgan fingerprint density at radius 1 is 1.44 bits per heavy atom. The number of ether oxygens (including phenoxy) is 1. The average Bonchev–Trinajstić information content (AvgIpc) is 2.29. The summed E-state index contributed by atoms with van der Waals surface area (Å²) in [5.41, 5.74) is 0. The highest BCUT2D eigenvalue weighted by Gasteiger charge is 2.14. The first-order valence-corrected chi connectivity index (χ1v) is 5.58. The van der Waals surface area contributed by atoms with E-state index in [1.807, 2.05) is 0 Å². The molecule has 1 aromatic heterocycles. The SMILES string of the molecule is COc1nc(Cl)nc(NC2CCCNC2)n1. The van der Waals surface area contributed by atoms with Gasteiger partial charge in [0, 0.05) is 12.6 Å². The van der Waals surface area contributed by atoms with Gasteiger partial charge in [-0.15, -0.1) is 0 Å². The predicted molar refractivity (Wildman–Crippen MR) is 60.9 cm³/mol. The van der Waals surface area contributed by atoms with Gasteiger partial charge in [-0.25, -0.2) is 0 Å². The van der Waals surface area contributed by atoms with Crippen LogP contribution in [0.2, 0.25) is 5.28 Å². The topological polar surface area (TPSA) is 72.0 Å².